The molecule has 2 aromatic rings. The van der Waals surface area contributed by atoms with Gasteiger partial charge in [0.15, 0.2) is 11.5 Å². The predicted octanol–water partition coefficient (Wildman–Crippen LogP) is 5.56. The molecule has 0 bridgehead atoms. The second kappa shape index (κ2) is 9.64. The van der Waals surface area contributed by atoms with Gasteiger partial charge in [-0.2, -0.15) is 0 Å². The summed E-state index contributed by atoms with van der Waals surface area (Å²) in [4.78, 5) is 0. The standard InChI is InChI=1S/C19H22Cl2O4/c1-13-11-14(20)12-15(21)18(13)24-9-4-5-10-25-19-16(22-2)7-6-8-17(19)23-3/h6-8,11-12H,4-5,9-10H2,1-3H3. The van der Waals surface area contributed by atoms with E-state index in [1.54, 1.807) is 20.3 Å². The van der Waals surface area contributed by atoms with Crippen LogP contribution in [0.4, 0.5) is 0 Å². The Morgan fingerprint density at radius 3 is 1.92 bits per heavy atom. The van der Waals surface area contributed by atoms with E-state index in [4.69, 9.17) is 42.1 Å². The third kappa shape index (κ3) is 5.35. The number of hydrogen-bond donors (Lipinski definition) is 0. The van der Waals surface area contributed by atoms with Crippen LogP contribution in [0.1, 0.15) is 18.4 Å². The normalized spacial score (nSPS) is 10.4. The first-order valence-electron chi connectivity index (χ1n) is 7.99. The van der Waals surface area contributed by atoms with Crippen molar-refractivity contribution in [3.63, 3.8) is 0 Å². The lowest BCUT2D eigenvalue weighted by atomic mass is 10.2. The van der Waals surface area contributed by atoms with Gasteiger partial charge in [-0.05, 0) is 49.6 Å². The third-order valence-corrected chi connectivity index (χ3v) is 4.11. The van der Waals surface area contributed by atoms with Gasteiger partial charge in [-0.3, -0.25) is 0 Å². The molecule has 0 spiro atoms. The maximum atomic E-state index is 6.16. The average Bonchev–Trinajstić information content (AvgIpc) is 2.59. The SMILES string of the molecule is COc1cccc(OC)c1OCCCCOc1c(C)cc(Cl)cc1Cl. The molecule has 25 heavy (non-hydrogen) atoms. The summed E-state index contributed by atoms with van der Waals surface area (Å²) in [6.07, 6.45) is 1.65. The van der Waals surface area contributed by atoms with Crippen molar-refractivity contribution in [2.45, 2.75) is 19.8 Å². The van der Waals surface area contributed by atoms with Crippen LogP contribution in [0.5, 0.6) is 23.0 Å². The van der Waals surface area contributed by atoms with E-state index in [2.05, 4.69) is 0 Å². The van der Waals surface area contributed by atoms with Gasteiger partial charge < -0.3 is 18.9 Å². The Labute approximate surface area is 158 Å². The summed E-state index contributed by atoms with van der Waals surface area (Å²) in [6.45, 7) is 3.01. The largest absolute Gasteiger partial charge is 0.493 e. The lowest BCUT2D eigenvalue weighted by molar-refractivity contribution is 0.248. The highest BCUT2D eigenvalue weighted by atomic mass is 35.5. The molecule has 4 nitrogen and oxygen atoms in total. The van der Waals surface area contributed by atoms with E-state index in [1.807, 2.05) is 31.2 Å². The van der Waals surface area contributed by atoms with Crippen LogP contribution in [-0.2, 0) is 0 Å². The lowest BCUT2D eigenvalue weighted by Crippen LogP contribution is -2.05. The molecule has 0 aromatic heterocycles. The van der Waals surface area contributed by atoms with Gasteiger partial charge in [0.2, 0.25) is 5.75 Å². The second-order valence-electron chi connectivity index (χ2n) is 5.43. The molecule has 0 radical (unpaired) electrons. The van der Waals surface area contributed by atoms with Crippen molar-refractivity contribution in [2.24, 2.45) is 0 Å². The van der Waals surface area contributed by atoms with Gasteiger partial charge in [-0.25, -0.2) is 0 Å². The van der Waals surface area contributed by atoms with Crippen LogP contribution in [-0.4, -0.2) is 27.4 Å². The molecule has 0 aliphatic heterocycles. The fourth-order valence-electron chi connectivity index (χ4n) is 2.38. The summed E-state index contributed by atoms with van der Waals surface area (Å²) >= 11 is 12.1. The van der Waals surface area contributed by atoms with Crippen LogP contribution in [0.25, 0.3) is 0 Å². The fraction of sp³-hybridized carbons (Fsp3) is 0.368. The second-order valence-corrected chi connectivity index (χ2v) is 6.27. The summed E-state index contributed by atoms with van der Waals surface area (Å²) in [7, 11) is 3.21. The minimum absolute atomic E-state index is 0.528. The van der Waals surface area contributed by atoms with Gasteiger partial charge >= 0.3 is 0 Å². The third-order valence-electron chi connectivity index (χ3n) is 3.61. The van der Waals surface area contributed by atoms with Crippen LogP contribution in [0, 0.1) is 6.92 Å². The van der Waals surface area contributed by atoms with Gasteiger partial charge in [-0.1, -0.05) is 29.3 Å². The predicted molar refractivity (Wildman–Crippen MR) is 101 cm³/mol. The number of para-hydroxylation sites is 1. The van der Waals surface area contributed by atoms with Crippen molar-refractivity contribution in [3.05, 3.63) is 45.9 Å². The highest BCUT2D eigenvalue weighted by Crippen LogP contribution is 2.37. The first kappa shape index (κ1) is 19.5. The number of aryl methyl sites for hydroxylation is 1. The van der Waals surface area contributed by atoms with Gasteiger partial charge in [0.25, 0.3) is 0 Å². The lowest BCUT2D eigenvalue weighted by Gasteiger charge is -2.14. The summed E-state index contributed by atoms with van der Waals surface area (Å²) in [6, 6.07) is 9.05. The zero-order valence-electron chi connectivity index (χ0n) is 14.6. The Balaban J connectivity index is 1.80. The minimum Gasteiger partial charge on any atom is -0.493 e. The van der Waals surface area contributed by atoms with E-state index < -0.39 is 0 Å². The molecule has 0 unspecified atom stereocenters. The number of benzene rings is 2. The molecule has 6 heteroatoms. The highest BCUT2D eigenvalue weighted by Gasteiger charge is 2.11. The van der Waals surface area contributed by atoms with Crippen LogP contribution < -0.4 is 18.9 Å². The quantitative estimate of drug-likeness (QED) is 0.530. The summed E-state index contributed by atoms with van der Waals surface area (Å²) < 4.78 is 22.2. The summed E-state index contributed by atoms with van der Waals surface area (Å²) in [5.41, 5.74) is 0.924. The average molecular weight is 385 g/mol. The van der Waals surface area contributed by atoms with Crippen LogP contribution >= 0.6 is 23.2 Å². The topological polar surface area (TPSA) is 36.9 Å². The van der Waals surface area contributed by atoms with Crippen molar-refractivity contribution < 1.29 is 18.9 Å². The van der Waals surface area contributed by atoms with E-state index in [9.17, 15) is 0 Å². The van der Waals surface area contributed by atoms with Gasteiger partial charge in [-0.15, -0.1) is 0 Å². The van der Waals surface area contributed by atoms with E-state index in [-0.39, 0.29) is 0 Å². The zero-order chi connectivity index (χ0) is 18.2. The number of ether oxygens (including phenoxy) is 4. The Bertz CT molecular complexity index is 659. The number of unbranched alkanes of at least 4 members (excludes halogenated alkanes) is 1. The molecule has 0 fully saturated rings. The Hall–Kier alpha value is -1.78. The molecule has 0 aliphatic carbocycles. The summed E-state index contributed by atoms with van der Waals surface area (Å²) in [5.74, 6) is 2.60. The smallest absolute Gasteiger partial charge is 0.203 e. The van der Waals surface area contributed by atoms with Crippen LogP contribution in [0.15, 0.2) is 30.3 Å². The van der Waals surface area contributed by atoms with Gasteiger partial charge in [0.05, 0.1) is 32.5 Å². The Morgan fingerprint density at radius 1 is 0.840 bits per heavy atom. The Kier molecular flexibility index (Phi) is 7.53. The number of rotatable bonds is 9. The first-order valence-corrected chi connectivity index (χ1v) is 8.74. The van der Waals surface area contributed by atoms with Crippen molar-refractivity contribution in [2.75, 3.05) is 27.4 Å². The molecule has 2 rings (SSSR count). The minimum atomic E-state index is 0.528. The van der Waals surface area contributed by atoms with Crippen LogP contribution in [0.2, 0.25) is 10.0 Å². The highest BCUT2D eigenvalue weighted by molar-refractivity contribution is 6.35. The molecule has 2 aromatic carbocycles. The molecule has 0 N–H and O–H groups in total. The van der Waals surface area contributed by atoms with E-state index in [0.29, 0.717) is 46.3 Å². The van der Waals surface area contributed by atoms with Crippen molar-refractivity contribution in [3.8, 4) is 23.0 Å². The molecule has 0 aliphatic rings. The first-order chi connectivity index (χ1) is 12.1. The number of halogens is 2. The molecule has 0 amide bonds. The maximum absolute atomic E-state index is 6.16. The summed E-state index contributed by atoms with van der Waals surface area (Å²) in [5, 5.41) is 1.13. The zero-order valence-corrected chi connectivity index (χ0v) is 16.1. The number of hydrogen-bond acceptors (Lipinski definition) is 4. The maximum Gasteiger partial charge on any atom is 0.203 e. The van der Waals surface area contributed by atoms with Gasteiger partial charge in [0, 0.05) is 5.02 Å². The molecule has 136 valence electrons. The van der Waals surface area contributed by atoms with E-state index in [0.717, 1.165) is 18.4 Å². The molecule has 0 heterocycles. The molecular weight excluding hydrogens is 363 g/mol. The molecule has 0 saturated heterocycles. The Morgan fingerprint density at radius 2 is 1.40 bits per heavy atom. The molecule has 0 saturated carbocycles. The van der Waals surface area contributed by atoms with Crippen LogP contribution in [0.3, 0.4) is 0 Å². The van der Waals surface area contributed by atoms with E-state index >= 15 is 0 Å². The monoisotopic (exact) mass is 384 g/mol. The van der Waals surface area contributed by atoms with E-state index in [1.165, 1.54) is 0 Å². The molecular formula is C19H22Cl2O4. The van der Waals surface area contributed by atoms with Crippen molar-refractivity contribution in [1.82, 2.24) is 0 Å². The van der Waals surface area contributed by atoms with Crippen molar-refractivity contribution in [1.29, 1.82) is 0 Å². The fourth-order valence-corrected chi connectivity index (χ4v) is 3.03. The number of methoxy groups -OCH3 is 2. The van der Waals surface area contributed by atoms with Crippen molar-refractivity contribution >= 4 is 23.2 Å². The van der Waals surface area contributed by atoms with Gasteiger partial charge in [0.1, 0.15) is 5.75 Å². The molecule has 0 atom stereocenters.